The molecular weight excluding hydrogens is 146 g/mol. The van der Waals surface area contributed by atoms with Crippen molar-refractivity contribution in [3.8, 4) is 0 Å². The standard InChI is InChI=1S/C7H11NO3/c1-3-5(2)4-6(9)11-7(8)10/h2-4H2,1H3,(H2,8,10). The number of primary amides is 1. The molecule has 0 radical (unpaired) electrons. The summed E-state index contributed by atoms with van der Waals surface area (Å²) in [5, 5.41) is 0. The molecule has 0 saturated carbocycles. The highest BCUT2D eigenvalue weighted by atomic mass is 16.6. The first-order valence-corrected chi connectivity index (χ1v) is 3.23. The van der Waals surface area contributed by atoms with Gasteiger partial charge in [0.05, 0.1) is 6.42 Å². The Hall–Kier alpha value is -1.32. The van der Waals surface area contributed by atoms with Gasteiger partial charge in [0.25, 0.3) is 0 Å². The summed E-state index contributed by atoms with van der Waals surface area (Å²) >= 11 is 0. The van der Waals surface area contributed by atoms with Gasteiger partial charge in [-0.3, -0.25) is 4.79 Å². The highest BCUT2D eigenvalue weighted by Crippen LogP contribution is 2.03. The van der Waals surface area contributed by atoms with Gasteiger partial charge in [0, 0.05) is 0 Å². The lowest BCUT2D eigenvalue weighted by Gasteiger charge is -1.99. The fraction of sp³-hybridized carbons (Fsp3) is 0.429. The number of nitrogens with two attached hydrogens (primary N) is 1. The molecule has 0 atom stereocenters. The maximum atomic E-state index is 10.6. The van der Waals surface area contributed by atoms with Crippen LogP contribution in [0.25, 0.3) is 0 Å². The molecule has 0 saturated heterocycles. The molecule has 0 aromatic heterocycles. The molecule has 0 aliphatic heterocycles. The Morgan fingerprint density at radius 2 is 2.09 bits per heavy atom. The molecule has 1 amide bonds. The normalized spacial score (nSPS) is 8.82. The summed E-state index contributed by atoms with van der Waals surface area (Å²) in [6, 6.07) is 0. The zero-order valence-electron chi connectivity index (χ0n) is 6.42. The van der Waals surface area contributed by atoms with Gasteiger partial charge in [0.2, 0.25) is 0 Å². The minimum atomic E-state index is -1.07. The minimum Gasteiger partial charge on any atom is -0.376 e. The van der Waals surface area contributed by atoms with E-state index in [1.54, 1.807) is 0 Å². The van der Waals surface area contributed by atoms with E-state index in [2.05, 4.69) is 17.0 Å². The molecular formula is C7H11NO3. The fourth-order valence-electron chi connectivity index (χ4n) is 0.477. The second-order valence-electron chi connectivity index (χ2n) is 2.07. The Morgan fingerprint density at radius 3 is 2.45 bits per heavy atom. The Kier molecular flexibility index (Phi) is 3.95. The van der Waals surface area contributed by atoms with E-state index in [4.69, 9.17) is 0 Å². The first-order valence-electron chi connectivity index (χ1n) is 3.23. The summed E-state index contributed by atoms with van der Waals surface area (Å²) in [6.45, 7) is 5.43. The number of carbonyl (C=O) groups excluding carboxylic acids is 2. The number of rotatable bonds is 3. The molecule has 0 rings (SSSR count). The zero-order valence-corrected chi connectivity index (χ0v) is 6.42. The molecule has 0 aromatic carbocycles. The summed E-state index contributed by atoms with van der Waals surface area (Å²) in [4.78, 5) is 20.7. The molecule has 0 unspecified atom stereocenters. The Bertz CT molecular complexity index is 186. The van der Waals surface area contributed by atoms with Crippen LogP contribution in [-0.4, -0.2) is 12.1 Å². The van der Waals surface area contributed by atoms with Gasteiger partial charge in [-0.1, -0.05) is 19.1 Å². The predicted octanol–water partition coefficient (Wildman–Crippen LogP) is 0.965. The summed E-state index contributed by atoms with van der Waals surface area (Å²) in [7, 11) is 0. The van der Waals surface area contributed by atoms with Crippen LogP contribution in [0.15, 0.2) is 12.2 Å². The average Bonchev–Trinajstić information content (AvgIpc) is 1.85. The zero-order chi connectivity index (χ0) is 8.85. The van der Waals surface area contributed by atoms with E-state index in [1.807, 2.05) is 6.92 Å². The third kappa shape index (κ3) is 5.14. The topological polar surface area (TPSA) is 69.4 Å². The van der Waals surface area contributed by atoms with Crippen molar-refractivity contribution in [1.82, 2.24) is 0 Å². The van der Waals surface area contributed by atoms with Crippen LogP contribution in [0.4, 0.5) is 4.79 Å². The van der Waals surface area contributed by atoms with Gasteiger partial charge >= 0.3 is 12.1 Å². The molecule has 4 nitrogen and oxygen atoms in total. The largest absolute Gasteiger partial charge is 0.412 e. The van der Waals surface area contributed by atoms with E-state index in [1.165, 1.54) is 0 Å². The quantitative estimate of drug-likeness (QED) is 0.377. The monoisotopic (exact) mass is 157 g/mol. The van der Waals surface area contributed by atoms with Gasteiger partial charge in [-0.05, 0) is 6.42 Å². The molecule has 0 fully saturated rings. The van der Waals surface area contributed by atoms with Gasteiger partial charge in [-0.25, -0.2) is 4.79 Å². The average molecular weight is 157 g/mol. The molecule has 0 aromatic rings. The smallest absolute Gasteiger partial charge is 0.376 e. The van der Waals surface area contributed by atoms with Crippen LogP contribution in [0.1, 0.15) is 19.8 Å². The van der Waals surface area contributed by atoms with E-state index >= 15 is 0 Å². The second-order valence-corrected chi connectivity index (χ2v) is 2.07. The van der Waals surface area contributed by atoms with Crippen LogP contribution < -0.4 is 5.73 Å². The molecule has 0 aliphatic rings. The van der Waals surface area contributed by atoms with Crippen LogP contribution in [-0.2, 0) is 9.53 Å². The lowest BCUT2D eigenvalue weighted by molar-refractivity contribution is -0.136. The van der Waals surface area contributed by atoms with E-state index in [9.17, 15) is 9.59 Å². The maximum absolute atomic E-state index is 10.6. The van der Waals surface area contributed by atoms with Crippen LogP contribution in [0.5, 0.6) is 0 Å². The van der Waals surface area contributed by atoms with Crippen LogP contribution >= 0.6 is 0 Å². The van der Waals surface area contributed by atoms with E-state index in [0.717, 1.165) is 5.57 Å². The number of ether oxygens (including phenoxy) is 1. The van der Waals surface area contributed by atoms with Crippen molar-refractivity contribution in [1.29, 1.82) is 0 Å². The first kappa shape index (κ1) is 9.68. The SMILES string of the molecule is C=C(CC)CC(=O)OC(N)=O. The first-order chi connectivity index (χ1) is 5.06. The summed E-state index contributed by atoms with van der Waals surface area (Å²) in [5.41, 5.74) is 5.32. The molecule has 4 heteroatoms. The highest BCUT2D eigenvalue weighted by Gasteiger charge is 2.06. The number of hydrogen-bond donors (Lipinski definition) is 1. The number of esters is 1. The third-order valence-corrected chi connectivity index (χ3v) is 1.11. The van der Waals surface area contributed by atoms with Gasteiger partial charge < -0.3 is 10.5 Å². The highest BCUT2D eigenvalue weighted by molar-refractivity contribution is 5.84. The lowest BCUT2D eigenvalue weighted by Crippen LogP contribution is -2.18. The second kappa shape index (κ2) is 4.49. The summed E-state index contributed by atoms with van der Waals surface area (Å²) in [6.07, 6.45) is -0.327. The van der Waals surface area contributed by atoms with E-state index in [-0.39, 0.29) is 6.42 Å². The van der Waals surface area contributed by atoms with Crippen molar-refractivity contribution < 1.29 is 14.3 Å². The van der Waals surface area contributed by atoms with Crippen molar-refractivity contribution in [3.63, 3.8) is 0 Å². The Balaban J connectivity index is 3.70. The van der Waals surface area contributed by atoms with Crippen LogP contribution in [0, 0.1) is 0 Å². The molecule has 0 aliphatic carbocycles. The lowest BCUT2D eigenvalue weighted by atomic mass is 10.2. The number of carbonyl (C=O) groups is 2. The van der Waals surface area contributed by atoms with Crippen LogP contribution in [0.3, 0.4) is 0 Å². The maximum Gasteiger partial charge on any atom is 0.412 e. The van der Waals surface area contributed by atoms with Gasteiger partial charge in [0.15, 0.2) is 0 Å². The van der Waals surface area contributed by atoms with Crippen molar-refractivity contribution in [2.45, 2.75) is 19.8 Å². The molecule has 0 bridgehead atoms. The fourth-order valence-corrected chi connectivity index (χ4v) is 0.477. The van der Waals surface area contributed by atoms with Gasteiger partial charge in [-0.2, -0.15) is 0 Å². The van der Waals surface area contributed by atoms with Gasteiger partial charge in [-0.15, -0.1) is 0 Å². The minimum absolute atomic E-state index is 0.0550. The molecule has 0 heterocycles. The van der Waals surface area contributed by atoms with Crippen molar-refractivity contribution >= 4 is 12.1 Å². The predicted molar refractivity (Wildman–Crippen MR) is 39.7 cm³/mol. The summed E-state index contributed by atoms with van der Waals surface area (Å²) in [5.74, 6) is -0.649. The number of hydrogen-bond acceptors (Lipinski definition) is 3. The van der Waals surface area contributed by atoms with Crippen molar-refractivity contribution in [3.05, 3.63) is 12.2 Å². The molecule has 2 N–H and O–H groups in total. The Labute approximate surface area is 65.0 Å². The molecule has 0 spiro atoms. The van der Waals surface area contributed by atoms with Gasteiger partial charge in [0.1, 0.15) is 0 Å². The molecule has 62 valence electrons. The number of amides is 1. The van der Waals surface area contributed by atoms with Crippen molar-refractivity contribution in [2.24, 2.45) is 5.73 Å². The van der Waals surface area contributed by atoms with Crippen LogP contribution in [0.2, 0.25) is 0 Å². The third-order valence-electron chi connectivity index (χ3n) is 1.11. The summed E-state index contributed by atoms with van der Waals surface area (Å²) < 4.78 is 4.06. The van der Waals surface area contributed by atoms with Crippen molar-refractivity contribution in [2.75, 3.05) is 0 Å². The van der Waals surface area contributed by atoms with E-state index < -0.39 is 12.1 Å². The Morgan fingerprint density at radius 1 is 1.55 bits per heavy atom. The molecule has 11 heavy (non-hydrogen) atoms. The van der Waals surface area contributed by atoms with E-state index in [0.29, 0.717) is 6.42 Å².